The van der Waals surface area contributed by atoms with E-state index >= 15 is 0 Å². The van der Waals surface area contributed by atoms with Crippen molar-refractivity contribution in [3.8, 4) is 0 Å². The van der Waals surface area contributed by atoms with Gasteiger partial charge in [-0.25, -0.2) is 0 Å². The number of ether oxygens (including phenoxy) is 1. The van der Waals surface area contributed by atoms with E-state index in [4.69, 9.17) is 4.74 Å². The molecule has 0 aliphatic rings. The molecule has 0 bridgehead atoms. The maximum absolute atomic E-state index is 12.4. The Hall–Kier alpha value is -1.79. The molecule has 2 heterocycles. The molecule has 0 radical (unpaired) electrons. The van der Waals surface area contributed by atoms with Crippen LogP contribution in [0, 0.1) is 5.92 Å². The lowest BCUT2D eigenvalue weighted by Gasteiger charge is -2.11. The summed E-state index contributed by atoms with van der Waals surface area (Å²) in [6, 6.07) is 6.60. The third-order valence-corrected chi connectivity index (χ3v) is 4.34. The number of esters is 1. The van der Waals surface area contributed by atoms with Crippen LogP contribution in [0.4, 0.5) is 0 Å². The average Bonchev–Trinajstić information content (AvgIpc) is 3.12. The molecule has 0 atom stereocenters. The predicted octanol–water partition coefficient (Wildman–Crippen LogP) is 3.05. The number of thiophene rings is 2. The van der Waals surface area contributed by atoms with Gasteiger partial charge in [-0.2, -0.15) is 0 Å². The summed E-state index contributed by atoms with van der Waals surface area (Å²) < 4.78 is 4.87. The van der Waals surface area contributed by atoms with Crippen LogP contribution in [0.3, 0.4) is 0 Å². The number of Topliss-reactive ketones (excluding diaryl/α,β-unsaturated/α-hetero) is 2. The van der Waals surface area contributed by atoms with Gasteiger partial charge in [0.25, 0.3) is 0 Å². The molecule has 20 heavy (non-hydrogen) atoms. The first kappa shape index (κ1) is 14.6. The minimum absolute atomic E-state index is 0.130. The van der Waals surface area contributed by atoms with E-state index in [9.17, 15) is 14.4 Å². The smallest absolute Gasteiger partial charge is 0.324 e. The third kappa shape index (κ3) is 3.02. The molecule has 0 aromatic carbocycles. The Bertz CT molecular complexity index is 553. The van der Waals surface area contributed by atoms with Gasteiger partial charge in [-0.1, -0.05) is 12.1 Å². The summed E-state index contributed by atoms with van der Waals surface area (Å²) >= 11 is 2.41. The van der Waals surface area contributed by atoms with Gasteiger partial charge in [0.1, 0.15) is 0 Å². The fourth-order valence-corrected chi connectivity index (χ4v) is 3.07. The molecule has 0 N–H and O–H groups in total. The molecule has 2 aromatic rings. The van der Waals surface area contributed by atoms with Crippen LogP contribution in [0.15, 0.2) is 35.0 Å². The van der Waals surface area contributed by atoms with Gasteiger partial charge in [0, 0.05) is 0 Å². The summed E-state index contributed by atoms with van der Waals surface area (Å²) in [5.74, 6) is -3.20. The van der Waals surface area contributed by atoms with Crippen molar-refractivity contribution in [2.45, 2.75) is 6.92 Å². The van der Waals surface area contributed by atoms with Gasteiger partial charge < -0.3 is 4.74 Å². The Kier molecular flexibility index (Phi) is 4.81. The molecular weight excluding hydrogens is 296 g/mol. The summed E-state index contributed by atoms with van der Waals surface area (Å²) in [5, 5.41) is 3.45. The molecular formula is C14H12O4S2. The SMILES string of the molecule is CCOC(=O)C(C(=O)c1cccs1)C(=O)c1cccs1. The number of ketones is 2. The highest BCUT2D eigenvalue weighted by atomic mass is 32.1. The molecule has 6 heteroatoms. The number of carbonyl (C=O) groups excluding carboxylic acids is 3. The molecule has 0 saturated heterocycles. The molecule has 0 unspecified atom stereocenters. The maximum Gasteiger partial charge on any atom is 0.324 e. The Morgan fingerprint density at radius 2 is 1.55 bits per heavy atom. The van der Waals surface area contributed by atoms with Crippen LogP contribution in [-0.4, -0.2) is 24.1 Å². The van der Waals surface area contributed by atoms with Crippen molar-refractivity contribution >= 4 is 40.2 Å². The maximum atomic E-state index is 12.4. The van der Waals surface area contributed by atoms with E-state index < -0.39 is 23.5 Å². The van der Waals surface area contributed by atoms with Crippen molar-refractivity contribution < 1.29 is 19.1 Å². The van der Waals surface area contributed by atoms with Gasteiger partial charge in [0.2, 0.25) is 0 Å². The number of rotatable bonds is 6. The Morgan fingerprint density at radius 3 is 1.90 bits per heavy atom. The first-order chi connectivity index (χ1) is 9.65. The van der Waals surface area contributed by atoms with Crippen LogP contribution in [0.5, 0.6) is 0 Å². The van der Waals surface area contributed by atoms with Crippen molar-refractivity contribution in [1.82, 2.24) is 0 Å². The zero-order valence-corrected chi connectivity index (χ0v) is 12.3. The van der Waals surface area contributed by atoms with E-state index in [-0.39, 0.29) is 6.61 Å². The van der Waals surface area contributed by atoms with Gasteiger partial charge in [0.15, 0.2) is 17.5 Å². The van der Waals surface area contributed by atoms with Crippen molar-refractivity contribution in [2.24, 2.45) is 5.92 Å². The molecule has 0 fully saturated rings. The van der Waals surface area contributed by atoms with E-state index in [0.717, 1.165) is 0 Å². The Labute approximate surface area is 124 Å². The summed E-state index contributed by atoms with van der Waals surface area (Å²) in [6.07, 6.45) is 0. The van der Waals surface area contributed by atoms with E-state index in [0.29, 0.717) is 9.75 Å². The standard InChI is InChI=1S/C14H12O4S2/c1-2-18-14(17)11(12(15)9-5-3-7-19-9)13(16)10-6-4-8-20-10/h3-8,11H,2H2,1H3. The molecule has 0 aliphatic carbocycles. The van der Waals surface area contributed by atoms with E-state index in [1.54, 1.807) is 41.9 Å². The highest BCUT2D eigenvalue weighted by molar-refractivity contribution is 7.13. The second kappa shape index (κ2) is 6.58. The summed E-state index contributed by atoms with van der Waals surface area (Å²) in [6.45, 7) is 1.77. The van der Waals surface area contributed by atoms with Gasteiger partial charge >= 0.3 is 5.97 Å². The van der Waals surface area contributed by atoms with Crippen molar-refractivity contribution in [2.75, 3.05) is 6.61 Å². The minimum atomic E-state index is -1.41. The van der Waals surface area contributed by atoms with E-state index in [1.165, 1.54) is 22.7 Å². The van der Waals surface area contributed by atoms with Crippen molar-refractivity contribution in [1.29, 1.82) is 0 Å². The van der Waals surface area contributed by atoms with Crippen molar-refractivity contribution in [3.05, 3.63) is 44.8 Å². The first-order valence-electron chi connectivity index (χ1n) is 5.97. The van der Waals surface area contributed by atoms with Gasteiger partial charge in [-0.3, -0.25) is 14.4 Å². The number of hydrogen-bond donors (Lipinski definition) is 0. The molecule has 4 nitrogen and oxygen atoms in total. The van der Waals surface area contributed by atoms with Gasteiger partial charge in [0.05, 0.1) is 16.4 Å². The molecule has 2 aromatic heterocycles. The lowest BCUT2D eigenvalue weighted by atomic mass is 9.97. The molecule has 0 amide bonds. The monoisotopic (exact) mass is 308 g/mol. The molecule has 0 saturated carbocycles. The largest absolute Gasteiger partial charge is 0.465 e. The molecule has 0 aliphatic heterocycles. The Balaban J connectivity index is 2.32. The number of hydrogen-bond acceptors (Lipinski definition) is 6. The molecule has 2 rings (SSSR count). The zero-order valence-electron chi connectivity index (χ0n) is 10.7. The molecule has 0 spiro atoms. The second-order valence-corrected chi connectivity index (χ2v) is 5.76. The van der Waals surface area contributed by atoms with Crippen LogP contribution in [0.2, 0.25) is 0 Å². The lowest BCUT2D eigenvalue weighted by molar-refractivity contribution is -0.144. The fourth-order valence-electron chi connectivity index (χ4n) is 1.68. The summed E-state index contributed by atoms with van der Waals surface area (Å²) in [5.41, 5.74) is 0. The van der Waals surface area contributed by atoms with Gasteiger partial charge in [-0.05, 0) is 29.8 Å². The third-order valence-electron chi connectivity index (χ3n) is 2.57. The highest BCUT2D eigenvalue weighted by Crippen LogP contribution is 2.22. The second-order valence-electron chi connectivity index (χ2n) is 3.87. The highest BCUT2D eigenvalue weighted by Gasteiger charge is 2.37. The molecule has 104 valence electrons. The van der Waals surface area contributed by atoms with E-state index in [1.807, 2.05) is 0 Å². The quantitative estimate of drug-likeness (QED) is 0.467. The average molecular weight is 308 g/mol. The zero-order chi connectivity index (χ0) is 14.5. The van der Waals surface area contributed by atoms with Crippen LogP contribution >= 0.6 is 22.7 Å². The van der Waals surface area contributed by atoms with E-state index in [2.05, 4.69) is 0 Å². The number of carbonyl (C=O) groups is 3. The van der Waals surface area contributed by atoms with Crippen LogP contribution < -0.4 is 0 Å². The minimum Gasteiger partial charge on any atom is -0.465 e. The predicted molar refractivity (Wildman–Crippen MR) is 77.4 cm³/mol. The van der Waals surface area contributed by atoms with Crippen molar-refractivity contribution in [3.63, 3.8) is 0 Å². The summed E-state index contributed by atoms with van der Waals surface area (Å²) in [4.78, 5) is 37.4. The van der Waals surface area contributed by atoms with Crippen LogP contribution in [0.1, 0.15) is 26.3 Å². The lowest BCUT2D eigenvalue weighted by Crippen LogP contribution is -2.33. The fraction of sp³-hybridized carbons (Fsp3) is 0.214. The Morgan fingerprint density at radius 1 is 1.05 bits per heavy atom. The van der Waals surface area contributed by atoms with Gasteiger partial charge in [-0.15, -0.1) is 22.7 Å². The first-order valence-corrected chi connectivity index (χ1v) is 7.73. The van der Waals surface area contributed by atoms with Crippen LogP contribution in [0.25, 0.3) is 0 Å². The normalized spacial score (nSPS) is 10.5. The topological polar surface area (TPSA) is 60.4 Å². The van der Waals surface area contributed by atoms with Crippen LogP contribution in [-0.2, 0) is 9.53 Å². The summed E-state index contributed by atoms with van der Waals surface area (Å²) in [7, 11) is 0.